The van der Waals surface area contributed by atoms with Crippen molar-refractivity contribution in [1.29, 1.82) is 0 Å². The fourth-order valence-electron chi connectivity index (χ4n) is 1.94. The molecule has 0 aliphatic rings. The molecule has 0 bridgehead atoms. The van der Waals surface area contributed by atoms with Crippen LogP contribution in [0.5, 0.6) is 0 Å². The average molecular weight is 274 g/mol. The molecular formula is C15H18N2O3. The highest BCUT2D eigenvalue weighted by Gasteiger charge is 2.26. The van der Waals surface area contributed by atoms with Gasteiger partial charge < -0.3 is 15.1 Å². The number of fused-ring (bicyclic) bond motifs is 1. The third-order valence-electron chi connectivity index (χ3n) is 3.55. The second-order valence-electron chi connectivity index (χ2n) is 5.39. The van der Waals surface area contributed by atoms with Gasteiger partial charge in [-0.05, 0) is 25.3 Å². The van der Waals surface area contributed by atoms with Gasteiger partial charge >= 0.3 is 5.97 Å². The second kappa shape index (κ2) is 5.09. The number of aromatic carboxylic acids is 1. The molecule has 0 saturated carbocycles. The summed E-state index contributed by atoms with van der Waals surface area (Å²) in [7, 11) is 1.80. The summed E-state index contributed by atoms with van der Waals surface area (Å²) < 4.78 is 0. The second-order valence-corrected chi connectivity index (χ2v) is 5.39. The minimum atomic E-state index is -1.06. The van der Waals surface area contributed by atoms with Gasteiger partial charge in [0, 0.05) is 12.4 Å². The number of nitrogens with zero attached hydrogens (tertiary/aromatic N) is 2. The van der Waals surface area contributed by atoms with Crippen LogP contribution in [0.15, 0.2) is 30.3 Å². The molecule has 1 aromatic carbocycles. The van der Waals surface area contributed by atoms with Crippen molar-refractivity contribution in [2.75, 3.05) is 18.6 Å². The van der Waals surface area contributed by atoms with E-state index in [1.807, 2.05) is 43.0 Å². The monoisotopic (exact) mass is 274 g/mol. The molecule has 0 spiro atoms. The molecule has 106 valence electrons. The Morgan fingerprint density at radius 3 is 2.60 bits per heavy atom. The fraction of sp³-hybridized carbons (Fsp3) is 0.333. The number of pyridine rings is 1. The highest BCUT2D eigenvalue weighted by Crippen LogP contribution is 2.29. The Balaban J connectivity index is 2.70. The van der Waals surface area contributed by atoms with E-state index < -0.39 is 11.5 Å². The summed E-state index contributed by atoms with van der Waals surface area (Å²) >= 11 is 0. The maximum atomic E-state index is 11.2. The number of aliphatic hydroxyl groups excluding tert-OH is 1. The number of carboxylic acid groups (broad SMARTS) is 1. The smallest absolute Gasteiger partial charge is 0.354 e. The first kappa shape index (κ1) is 14.3. The molecule has 2 rings (SSSR count). The summed E-state index contributed by atoms with van der Waals surface area (Å²) in [6.45, 7) is 3.69. The van der Waals surface area contributed by atoms with Crippen molar-refractivity contribution in [2.24, 2.45) is 0 Å². The zero-order valence-corrected chi connectivity index (χ0v) is 11.8. The van der Waals surface area contributed by atoms with Crippen molar-refractivity contribution in [1.82, 2.24) is 4.98 Å². The van der Waals surface area contributed by atoms with Crippen molar-refractivity contribution in [2.45, 2.75) is 19.4 Å². The molecule has 5 nitrogen and oxygen atoms in total. The molecule has 20 heavy (non-hydrogen) atoms. The molecule has 5 heteroatoms. The van der Waals surface area contributed by atoms with Crippen LogP contribution in [0.1, 0.15) is 24.3 Å². The Morgan fingerprint density at radius 1 is 1.35 bits per heavy atom. The number of benzene rings is 1. The molecule has 0 unspecified atom stereocenters. The van der Waals surface area contributed by atoms with E-state index >= 15 is 0 Å². The number of hydrogen-bond donors (Lipinski definition) is 2. The van der Waals surface area contributed by atoms with Gasteiger partial charge in [0.05, 0.1) is 12.1 Å². The van der Waals surface area contributed by atoms with Crippen LogP contribution in [0.2, 0.25) is 0 Å². The molecule has 0 radical (unpaired) electrons. The Morgan fingerprint density at radius 2 is 2.00 bits per heavy atom. The van der Waals surface area contributed by atoms with Crippen LogP contribution < -0.4 is 4.90 Å². The van der Waals surface area contributed by atoms with Crippen LogP contribution >= 0.6 is 0 Å². The summed E-state index contributed by atoms with van der Waals surface area (Å²) in [6, 6.07) is 9.05. The number of rotatable bonds is 4. The third-order valence-corrected chi connectivity index (χ3v) is 3.55. The van der Waals surface area contributed by atoms with E-state index in [1.54, 1.807) is 13.1 Å². The van der Waals surface area contributed by atoms with Crippen LogP contribution in [0, 0.1) is 0 Å². The number of aromatic nitrogens is 1. The van der Waals surface area contributed by atoms with Gasteiger partial charge in [-0.3, -0.25) is 0 Å². The van der Waals surface area contributed by atoms with E-state index in [0.29, 0.717) is 5.82 Å². The van der Waals surface area contributed by atoms with Crippen LogP contribution in [0.4, 0.5) is 5.82 Å². The molecule has 0 atom stereocenters. The van der Waals surface area contributed by atoms with E-state index in [0.717, 1.165) is 10.8 Å². The lowest BCUT2D eigenvalue weighted by Gasteiger charge is -2.35. The van der Waals surface area contributed by atoms with E-state index in [-0.39, 0.29) is 12.3 Å². The number of hydrogen-bond acceptors (Lipinski definition) is 4. The standard InChI is InChI=1S/C15H18N2O3/c1-15(2,9-18)17(3)13-11-7-5-4-6-10(11)8-12(16-13)14(19)20/h4-8,18H,9H2,1-3H3,(H,19,20). The molecule has 0 aliphatic heterocycles. The van der Waals surface area contributed by atoms with Crippen molar-refractivity contribution in [3.63, 3.8) is 0 Å². The van der Waals surface area contributed by atoms with Gasteiger partial charge in [-0.1, -0.05) is 24.3 Å². The molecule has 0 saturated heterocycles. The van der Waals surface area contributed by atoms with Gasteiger partial charge in [0.15, 0.2) is 5.69 Å². The molecule has 0 amide bonds. The quantitative estimate of drug-likeness (QED) is 0.893. The van der Waals surface area contributed by atoms with Crippen LogP contribution in [-0.2, 0) is 0 Å². The van der Waals surface area contributed by atoms with Crippen molar-refractivity contribution in [3.05, 3.63) is 36.0 Å². The average Bonchev–Trinajstić information content (AvgIpc) is 2.45. The van der Waals surface area contributed by atoms with Crippen LogP contribution in [-0.4, -0.2) is 40.4 Å². The lowest BCUT2D eigenvalue weighted by Crippen LogP contribution is -2.45. The highest BCUT2D eigenvalue weighted by molar-refractivity contribution is 5.98. The number of anilines is 1. The van der Waals surface area contributed by atoms with Crippen molar-refractivity contribution >= 4 is 22.6 Å². The molecule has 0 fully saturated rings. The lowest BCUT2D eigenvalue weighted by molar-refractivity contribution is 0.0690. The minimum Gasteiger partial charge on any atom is -0.477 e. The van der Waals surface area contributed by atoms with Gasteiger partial charge in [0.25, 0.3) is 0 Å². The summed E-state index contributed by atoms with van der Waals surface area (Å²) in [5.74, 6) is -0.508. The Labute approximate surface area is 117 Å². The Bertz CT molecular complexity index is 653. The van der Waals surface area contributed by atoms with Crippen LogP contribution in [0.3, 0.4) is 0 Å². The molecule has 2 N–H and O–H groups in total. The first-order valence-corrected chi connectivity index (χ1v) is 6.34. The first-order valence-electron chi connectivity index (χ1n) is 6.34. The Hall–Kier alpha value is -2.14. The number of aliphatic hydroxyl groups is 1. The topological polar surface area (TPSA) is 73.7 Å². The zero-order valence-electron chi connectivity index (χ0n) is 11.8. The predicted molar refractivity (Wildman–Crippen MR) is 78.3 cm³/mol. The fourth-order valence-corrected chi connectivity index (χ4v) is 1.94. The number of carbonyl (C=O) groups is 1. The van der Waals surface area contributed by atoms with Crippen molar-refractivity contribution in [3.8, 4) is 0 Å². The third kappa shape index (κ3) is 2.44. The van der Waals surface area contributed by atoms with Gasteiger partial charge in [0.2, 0.25) is 0 Å². The maximum Gasteiger partial charge on any atom is 0.354 e. The molecule has 0 aliphatic carbocycles. The summed E-state index contributed by atoms with van der Waals surface area (Å²) in [6.07, 6.45) is 0. The molecule has 1 aromatic heterocycles. The zero-order chi connectivity index (χ0) is 14.9. The van der Waals surface area contributed by atoms with E-state index in [4.69, 9.17) is 0 Å². The van der Waals surface area contributed by atoms with E-state index in [1.165, 1.54) is 0 Å². The Kier molecular flexibility index (Phi) is 3.63. The maximum absolute atomic E-state index is 11.2. The van der Waals surface area contributed by atoms with Crippen molar-refractivity contribution < 1.29 is 15.0 Å². The normalized spacial score (nSPS) is 11.6. The van der Waals surface area contributed by atoms with Gasteiger partial charge in [0.1, 0.15) is 5.82 Å². The summed E-state index contributed by atoms with van der Waals surface area (Å²) in [5.41, 5.74) is -0.535. The molecular weight excluding hydrogens is 256 g/mol. The molecule has 1 heterocycles. The van der Waals surface area contributed by atoms with Gasteiger partial charge in [-0.15, -0.1) is 0 Å². The van der Waals surface area contributed by atoms with E-state index in [9.17, 15) is 15.0 Å². The van der Waals surface area contributed by atoms with E-state index in [2.05, 4.69) is 4.98 Å². The van der Waals surface area contributed by atoms with Crippen LogP contribution in [0.25, 0.3) is 10.8 Å². The van der Waals surface area contributed by atoms with Gasteiger partial charge in [-0.2, -0.15) is 0 Å². The SMILES string of the molecule is CN(c1nc(C(=O)O)cc2ccccc12)C(C)(C)CO. The lowest BCUT2D eigenvalue weighted by atomic mass is 10.0. The highest BCUT2D eigenvalue weighted by atomic mass is 16.4. The predicted octanol–water partition coefficient (Wildman–Crippen LogP) is 2.14. The number of carboxylic acids is 1. The largest absolute Gasteiger partial charge is 0.477 e. The first-order chi connectivity index (χ1) is 9.36. The number of likely N-dealkylation sites (N-methyl/N-ethyl adjacent to an activating group) is 1. The summed E-state index contributed by atoms with van der Waals surface area (Å²) in [4.78, 5) is 17.2. The van der Waals surface area contributed by atoms with Gasteiger partial charge in [-0.25, -0.2) is 9.78 Å². The summed E-state index contributed by atoms with van der Waals surface area (Å²) in [5, 5.41) is 20.3. The molecule has 2 aromatic rings. The minimum absolute atomic E-state index is 0.000658.